The molecule has 9 heteroatoms. The van der Waals surface area contributed by atoms with Crippen molar-refractivity contribution in [3.05, 3.63) is 182 Å². The Morgan fingerprint density at radius 3 is 0.825 bits per heavy atom. The molecule has 0 aromatic carbocycles. The topological polar surface area (TPSA) is 111 Å². The molecule has 0 heterocycles. The van der Waals surface area contributed by atoms with Crippen LogP contribution in [0.15, 0.2) is 182 Å². The van der Waals surface area contributed by atoms with E-state index in [-0.39, 0.29) is 38.6 Å². The monoisotopic (exact) mass is 1340 g/mol. The molecule has 0 amide bonds. The van der Waals surface area contributed by atoms with Crippen LogP contribution in [0.25, 0.3) is 0 Å². The number of rotatable bonds is 70. The maximum Gasteiger partial charge on any atom is 0.306 e. The number of carbonyl (C=O) groups excluding carboxylic acids is 3. The van der Waals surface area contributed by atoms with Gasteiger partial charge in [-0.15, -0.1) is 0 Å². The van der Waals surface area contributed by atoms with E-state index in [0.29, 0.717) is 17.4 Å². The molecule has 0 radical (unpaired) electrons. The Balaban J connectivity index is 4.14. The molecule has 0 N–H and O–H groups in total. The Morgan fingerprint density at radius 1 is 0.309 bits per heavy atom. The third-order valence-electron chi connectivity index (χ3n) is 16.1. The highest BCUT2D eigenvalue weighted by Crippen LogP contribution is 2.17. The molecule has 0 aromatic heterocycles. The fourth-order valence-corrected chi connectivity index (χ4v) is 10.3. The van der Waals surface area contributed by atoms with Crippen molar-refractivity contribution in [1.29, 1.82) is 0 Å². The average Bonchev–Trinajstić information content (AvgIpc) is 3.27. The zero-order chi connectivity index (χ0) is 70.4. The van der Waals surface area contributed by atoms with Gasteiger partial charge in [-0.3, -0.25) is 9.59 Å². The summed E-state index contributed by atoms with van der Waals surface area (Å²) in [6.07, 6.45) is 113. The quantitative estimate of drug-likeness (QED) is 0.0195. The van der Waals surface area contributed by atoms with E-state index in [9.17, 15) is 19.5 Å². The molecule has 2 atom stereocenters. The summed E-state index contributed by atoms with van der Waals surface area (Å²) in [7, 11) is 5.92. The Kier molecular flexibility index (Phi) is 71.7. The van der Waals surface area contributed by atoms with Gasteiger partial charge >= 0.3 is 11.9 Å². The number of ether oxygens (including phenoxy) is 4. The normalized spacial score (nSPS) is 13.7. The van der Waals surface area contributed by atoms with E-state index in [1.165, 1.54) is 122 Å². The van der Waals surface area contributed by atoms with Gasteiger partial charge in [0.05, 0.1) is 40.3 Å². The van der Waals surface area contributed by atoms with Crippen molar-refractivity contribution in [3.63, 3.8) is 0 Å². The van der Waals surface area contributed by atoms with Gasteiger partial charge in [-0.2, -0.15) is 0 Å². The van der Waals surface area contributed by atoms with Crippen LogP contribution in [0.5, 0.6) is 0 Å². The molecular formula is C88H143NO8. The van der Waals surface area contributed by atoms with Crippen LogP contribution >= 0.6 is 0 Å². The summed E-state index contributed by atoms with van der Waals surface area (Å²) in [5, 5.41) is 11.9. The third-order valence-corrected chi connectivity index (χ3v) is 16.1. The van der Waals surface area contributed by atoms with Gasteiger partial charge < -0.3 is 33.3 Å². The highest BCUT2D eigenvalue weighted by atomic mass is 16.7. The standard InChI is InChI=1S/C88H143NO8/c1-6-8-10-12-14-16-18-20-22-24-26-28-30-32-34-36-38-39-40-41-42-43-44-45-46-47-49-51-53-55-57-59-61-63-65-67-69-71-73-75-77-79-86(91)97-84(83-96-88(87(92)93)94-81-80-89(3,4)5)82-95-85(90)78-76-74-72-70-68-66-64-62-60-58-56-54-52-50-48-37-35-33-31-29-27-25-23-21-19-17-15-13-11-9-7-2/h8-11,14-17,20-23,26-29,32,34,38-39,41-42,44-45,47,49,53,55,59,61,84,88H,6-7,12-13,18-19,24-25,30-31,33,35-37,40,43,46,48,50-52,54,56-58,60,62-83H2,1-5H3/b10-8-,11-9-,16-14-,17-15-,22-20-,23-21-,28-26-,29-27-,34-32-,39-38-,42-41-,45-44-,49-47-,55-53-,61-59-. The molecule has 0 aromatic rings. The zero-order valence-corrected chi connectivity index (χ0v) is 62.6. The van der Waals surface area contributed by atoms with Gasteiger partial charge in [0.15, 0.2) is 12.4 Å². The van der Waals surface area contributed by atoms with Crippen LogP contribution < -0.4 is 5.11 Å². The summed E-state index contributed by atoms with van der Waals surface area (Å²) >= 11 is 0. The summed E-state index contributed by atoms with van der Waals surface area (Å²) in [5.41, 5.74) is 0. The van der Waals surface area contributed by atoms with E-state index in [0.717, 1.165) is 141 Å². The number of aliphatic carboxylic acids is 1. The van der Waals surface area contributed by atoms with Gasteiger partial charge in [0, 0.05) is 12.8 Å². The van der Waals surface area contributed by atoms with E-state index >= 15 is 0 Å². The van der Waals surface area contributed by atoms with Gasteiger partial charge in [0.2, 0.25) is 0 Å². The molecule has 0 fully saturated rings. The number of nitrogens with zero attached hydrogens (tertiary/aromatic N) is 1. The van der Waals surface area contributed by atoms with Gasteiger partial charge in [-0.1, -0.05) is 331 Å². The molecule has 2 unspecified atom stereocenters. The summed E-state index contributed by atoms with van der Waals surface area (Å²) in [6.45, 7) is 4.51. The van der Waals surface area contributed by atoms with Crippen molar-refractivity contribution in [1.82, 2.24) is 0 Å². The van der Waals surface area contributed by atoms with Crippen LogP contribution in [-0.2, 0) is 33.3 Å². The van der Waals surface area contributed by atoms with Gasteiger partial charge in [0.1, 0.15) is 13.2 Å². The SMILES string of the molecule is CC/C=C\C/C=C\C/C=C\C/C=C\C/C=C\C/C=C\C/C=C\C/C=C\C/C=C\C/C=C\C/C=C\CCCCCCCCCC(=O)OC(COC(=O)CCCCCCCCCCCCCCCCCCCC/C=C\C/C=C\C/C=C\C/C=C\CC)COC(OCC[N+](C)(C)C)C(=O)[O-]. The first-order valence-corrected chi connectivity index (χ1v) is 38.9. The lowest BCUT2D eigenvalue weighted by molar-refractivity contribution is -0.870. The van der Waals surface area contributed by atoms with Crippen molar-refractivity contribution in [3.8, 4) is 0 Å². The van der Waals surface area contributed by atoms with E-state index in [1.807, 2.05) is 21.1 Å². The number of unbranched alkanes of at least 4 members (excludes halogenated alkanes) is 25. The molecule has 0 rings (SSSR count). The summed E-state index contributed by atoms with van der Waals surface area (Å²) in [4.78, 5) is 37.6. The number of hydrogen-bond donors (Lipinski definition) is 0. The molecule has 0 saturated heterocycles. The number of carboxylic acids is 1. The van der Waals surface area contributed by atoms with E-state index in [1.54, 1.807) is 0 Å². The summed E-state index contributed by atoms with van der Waals surface area (Å²) in [5.74, 6) is -2.30. The van der Waals surface area contributed by atoms with E-state index in [4.69, 9.17) is 18.9 Å². The maximum atomic E-state index is 13.0. The number of carbonyl (C=O) groups is 3. The van der Waals surface area contributed by atoms with Crippen LogP contribution in [0.4, 0.5) is 0 Å². The number of quaternary nitrogens is 1. The number of likely N-dealkylation sites (N-methyl/N-ethyl adjacent to an activating group) is 1. The molecule has 0 spiro atoms. The Labute approximate surface area is 596 Å². The minimum absolute atomic E-state index is 0.138. The molecule has 0 aliphatic heterocycles. The second kappa shape index (κ2) is 76.1. The Bertz CT molecular complexity index is 2260. The first kappa shape index (κ1) is 91.4. The molecule has 0 saturated carbocycles. The third kappa shape index (κ3) is 77.6. The lowest BCUT2D eigenvalue weighted by atomic mass is 10.0. The van der Waals surface area contributed by atoms with Gasteiger partial charge in [-0.05, 0) is 135 Å². The first-order chi connectivity index (χ1) is 47.6. The minimum Gasteiger partial charge on any atom is -0.545 e. The van der Waals surface area contributed by atoms with Crippen LogP contribution in [0, 0.1) is 0 Å². The highest BCUT2D eigenvalue weighted by molar-refractivity contribution is 5.70. The van der Waals surface area contributed by atoms with Gasteiger partial charge in [0.25, 0.3) is 0 Å². The fraction of sp³-hybridized carbons (Fsp3) is 0.625. The molecule has 0 bridgehead atoms. The molecule has 0 aliphatic carbocycles. The molecule has 548 valence electrons. The molecular weight excluding hydrogens is 1200 g/mol. The highest BCUT2D eigenvalue weighted by Gasteiger charge is 2.22. The van der Waals surface area contributed by atoms with E-state index in [2.05, 4.69) is 196 Å². The number of esters is 2. The predicted octanol–water partition coefficient (Wildman–Crippen LogP) is 23.8. The molecule has 9 nitrogen and oxygen atoms in total. The Morgan fingerprint density at radius 2 is 0.557 bits per heavy atom. The van der Waals surface area contributed by atoms with Crippen LogP contribution in [-0.4, -0.2) is 82.3 Å². The molecule has 97 heavy (non-hydrogen) atoms. The zero-order valence-electron chi connectivity index (χ0n) is 62.6. The van der Waals surface area contributed by atoms with Crippen molar-refractivity contribution in [2.24, 2.45) is 0 Å². The fourth-order valence-electron chi connectivity index (χ4n) is 10.3. The number of hydrogen-bond acceptors (Lipinski definition) is 8. The summed E-state index contributed by atoms with van der Waals surface area (Å²) < 4.78 is 22.8. The Hall–Kier alpha value is -5.61. The second-order valence-electron chi connectivity index (χ2n) is 26.5. The number of carboxylic acid groups (broad SMARTS) is 1. The number of allylic oxidation sites excluding steroid dienone is 30. The largest absolute Gasteiger partial charge is 0.545 e. The van der Waals surface area contributed by atoms with Crippen molar-refractivity contribution >= 4 is 17.9 Å². The van der Waals surface area contributed by atoms with Crippen molar-refractivity contribution < 1.29 is 42.9 Å². The molecule has 0 aliphatic rings. The van der Waals surface area contributed by atoms with Crippen LogP contribution in [0.3, 0.4) is 0 Å². The predicted molar refractivity (Wildman–Crippen MR) is 416 cm³/mol. The smallest absolute Gasteiger partial charge is 0.306 e. The average molecular weight is 1340 g/mol. The second-order valence-corrected chi connectivity index (χ2v) is 26.5. The van der Waals surface area contributed by atoms with Crippen molar-refractivity contribution in [2.45, 2.75) is 309 Å². The maximum absolute atomic E-state index is 13.0. The lowest BCUT2D eigenvalue weighted by Gasteiger charge is -2.26. The summed E-state index contributed by atoms with van der Waals surface area (Å²) in [6, 6.07) is 0. The minimum atomic E-state index is -1.64. The van der Waals surface area contributed by atoms with Crippen LogP contribution in [0.2, 0.25) is 0 Å². The van der Waals surface area contributed by atoms with E-state index < -0.39 is 24.3 Å². The van der Waals surface area contributed by atoms with Crippen LogP contribution in [0.1, 0.15) is 296 Å². The van der Waals surface area contributed by atoms with Gasteiger partial charge in [-0.25, -0.2) is 0 Å². The lowest BCUT2D eigenvalue weighted by Crippen LogP contribution is -2.44. The first-order valence-electron chi connectivity index (χ1n) is 38.9. The van der Waals surface area contributed by atoms with Crippen molar-refractivity contribution in [2.75, 3.05) is 47.5 Å².